The molecule has 0 radical (unpaired) electrons. The second-order valence-electron chi connectivity index (χ2n) is 3.03. The summed E-state index contributed by atoms with van der Waals surface area (Å²) < 4.78 is 15.0. The molecular formula is C8H16N3O2P3. The molecule has 0 aromatic carbocycles. The fraction of sp³-hybridized carbons (Fsp3) is 0.750. The highest BCUT2D eigenvalue weighted by Crippen LogP contribution is 2.38. The zero-order valence-corrected chi connectivity index (χ0v) is 11.9. The molecule has 1 aliphatic heterocycles. The van der Waals surface area contributed by atoms with Gasteiger partial charge >= 0.3 is 0 Å². The van der Waals surface area contributed by atoms with Gasteiger partial charge in [-0.1, -0.05) is 17.6 Å². The Kier molecular flexibility index (Phi) is 9.07. The Balaban J connectivity index is 1.83. The number of rotatable bonds is 9. The summed E-state index contributed by atoms with van der Waals surface area (Å²) in [7, 11) is 2.10. The van der Waals surface area contributed by atoms with Crippen molar-refractivity contribution in [1.29, 1.82) is 0 Å². The maximum absolute atomic E-state index is 5.50. The van der Waals surface area contributed by atoms with Crippen LogP contribution in [0.3, 0.4) is 0 Å². The highest BCUT2D eigenvalue weighted by Gasteiger charge is 2.04. The Labute approximate surface area is 101 Å². The van der Waals surface area contributed by atoms with E-state index in [1.54, 1.807) is 4.60 Å². The first kappa shape index (κ1) is 14.2. The van der Waals surface area contributed by atoms with Gasteiger partial charge < -0.3 is 4.74 Å². The Bertz CT molecular complexity index is 251. The molecule has 1 aliphatic rings. The lowest BCUT2D eigenvalue weighted by atomic mass is 10.2. The Morgan fingerprint density at radius 2 is 2.06 bits per heavy atom. The van der Waals surface area contributed by atoms with Crippen LogP contribution in [-0.2, 0) is 9.57 Å². The van der Waals surface area contributed by atoms with E-state index in [1.165, 1.54) is 19.1 Å². The van der Waals surface area contributed by atoms with E-state index in [1.807, 2.05) is 0 Å². The van der Waals surface area contributed by atoms with Crippen molar-refractivity contribution >= 4 is 25.9 Å². The molecule has 1 heterocycles. The monoisotopic (exact) mass is 279 g/mol. The maximum Gasteiger partial charge on any atom is 0.159 e. The SMILES string of the molecule is C=COCCCCCCON1P=NP=NP1. The highest BCUT2D eigenvalue weighted by molar-refractivity contribution is 7.55. The summed E-state index contributed by atoms with van der Waals surface area (Å²) in [4.78, 5) is 5.50. The van der Waals surface area contributed by atoms with Crippen molar-refractivity contribution < 1.29 is 9.57 Å². The van der Waals surface area contributed by atoms with E-state index in [-0.39, 0.29) is 0 Å². The standard InChI is InChI=1S/C8H16N3O2P3/c1-2-12-7-5-3-4-6-8-13-11-15-9-14-10-16-11/h2,15H,1,3-8H2. The van der Waals surface area contributed by atoms with Crippen molar-refractivity contribution in [1.82, 2.24) is 4.60 Å². The molecule has 0 amide bonds. The smallest absolute Gasteiger partial charge is 0.159 e. The first-order valence-electron chi connectivity index (χ1n) is 5.15. The first-order chi connectivity index (χ1) is 7.93. The van der Waals surface area contributed by atoms with Gasteiger partial charge in [0, 0.05) is 0 Å². The second-order valence-corrected chi connectivity index (χ2v) is 6.25. The molecule has 0 aromatic rings. The van der Waals surface area contributed by atoms with Crippen LogP contribution in [0.15, 0.2) is 21.9 Å². The molecule has 0 fully saturated rings. The van der Waals surface area contributed by atoms with E-state index in [4.69, 9.17) is 9.57 Å². The topological polar surface area (TPSA) is 46.4 Å². The third-order valence-electron chi connectivity index (χ3n) is 1.82. The number of ether oxygens (including phenoxy) is 1. The molecule has 0 aliphatic carbocycles. The molecule has 1 atom stereocenters. The Morgan fingerprint density at radius 3 is 2.75 bits per heavy atom. The summed E-state index contributed by atoms with van der Waals surface area (Å²) in [5.41, 5.74) is 0. The normalized spacial score (nSPS) is 18.8. The van der Waals surface area contributed by atoms with Gasteiger partial charge in [0.25, 0.3) is 0 Å². The predicted octanol–water partition coefficient (Wildman–Crippen LogP) is 4.55. The predicted molar refractivity (Wildman–Crippen MR) is 69.4 cm³/mol. The van der Waals surface area contributed by atoms with Crippen LogP contribution in [0.1, 0.15) is 25.7 Å². The summed E-state index contributed by atoms with van der Waals surface area (Å²) in [6, 6.07) is 0. The molecule has 0 saturated carbocycles. The molecular weight excluding hydrogens is 263 g/mol. The minimum absolute atomic E-state index is 0.391. The van der Waals surface area contributed by atoms with Gasteiger partial charge in [-0.05, 0) is 19.3 Å². The minimum atomic E-state index is 0.391. The fourth-order valence-electron chi connectivity index (χ4n) is 1.08. The molecule has 90 valence electrons. The fourth-order valence-corrected chi connectivity index (χ4v) is 3.66. The minimum Gasteiger partial charge on any atom is -0.502 e. The van der Waals surface area contributed by atoms with Gasteiger partial charge in [0.05, 0.1) is 19.5 Å². The van der Waals surface area contributed by atoms with Crippen molar-refractivity contribution in [2.24, 2.45) is 9.03 Å². The molecule has 0 bridgehead atoms. The van der Waals surface area contributed by atoms with E-state index in [9.17, 15) is 0 Å². The van der Waals surface area contributed by atoms with Crippen molar-refractivity contribution in [2.45, 2.75) is 25.7 Å². The largest absolute Gasteiger partial charge is 0.502 e. The van der Waals surface area contributed by atoms with Crippen LogP contribution in [-0.4, -0.2) is 17.8 Å². The highest BCUT2D eigenvalue weighted by atomic mass is 31.2. The molecule has 16 heavy (non-hydrogen) atoms. The van der Waals surface area contributed by atoms with E-state index in [0.717, 1.165) is 43.1 Å². The van der Waals surface area contributed by atoms with Crippen molar-refractivity contribution in [3.8, 4) is 0 Å². The van der Waals surface area contributed by atoms with Gasteiger partial charge in [-0.2, -0.15) is 4.52 Å². The zero-order chi connectivity index (χ0) is 11.5. The molecule has 0 N–H and O–H groups in total. The number of unbranched alkanes of at least 4 members (excludes halogenated alkanes) is 3. The van der Waals surface area contributed by atoms with Crippen LogP contribution in [0.4, 0.5) is 0 Å². The van der Waals surface area contributed by atoms with E-state index in [0.29, 0.717) is 8.88 Å². The van der Waals surface area contributed by atoms with E-state index >= 15 is 0 Å². The summed E-state index contributed by atoms with van der Waals surface area (Å²) in [5, 5.41) is 0. The summed E-state index contributed by atoms with van der Waals surface area (Å²) in [6.45, 7) is 5.02. The van der Waals surface area contributed by atoms with Crippen LogP contribution >= 0.6 is 25.9 Å². The average molecular weight is 279 g/mol. The average Bonchev–Trinajstić information content (AvgIpc) is 2.34. The lowest BCUT2D eigenvalue weighted by Crippen LogP contribution is -2.03. The molecule has 0 saturated heterocycles. The summed E-state index contributed by atoms with van der Waals surface area (Å²) in [6.07, 6.45) is 5.98. The summed E-state index contributed by atoms with van der Waals surface area (Å²) in [5.74, 6) is 0. The summed E-state index contributed by atoms with van der Waals surface area (Å²) >= 11 is 0. The quantitative estimate of drug-likeness (QED) is 0.353. The van der Waals surface area contributed by atoms with Gasteiger partial charge in [-0.25, -0.2) is 4.52 Å². The molecule has 5 nitrogen and oxygen atoms in total. The maximum atomic E-state index is 5.50. The Hall–Kier alpha value is 0.0900. The van der Waals surface area contributed by atoms with Gasteiger partial charge in [-0.15, -0.1) is 0 Å². The van der Waals surface area contributed by atoms with Gasteiger partial charge in [0.2, 0.25) is 0 Å². The van der Waals surface area contributed by atoms with Gasteiger partial charge in [0.1, 0.15) is 17.4 Å². The lowest BCUT2D eigenvalue weighted by molar-refractivity contribution is -0.00536. The van der Waals surface area contributed by atoms with Crippen molar-refractivity contribution in [3.63, 3.8) is 0 Å². The lowest BCUT2D eigenvalue weighted by Gasteiger charge is -2.13. The van der Waals surface area contributed by atoms with Gasteiger partial charge in [0.15, 0.2) is 8.52 Å². The van der Waals surface area contributed by atoms with Crippen LogP contribution in [0, 0.1) is 0 Å². The number of hydrogen-bond donors (Lipinski definition) is 0. The molecule has 1 rings (SSSR count). The van der Waals surface area contributed by atoms with Crippen LogP contribution in [0.5, 0.6) is 0 Å². The first-order valence-corrected chi connectivity index (χ1v) is 7.65. The third-order valence-corrected chi connectivity index (χ3v) is 4.29. The second kappa shape index (κ2) is 10.3. The van der Waals surface area contributed by atoms with Crippen molar-refractivity contribution in [3.05, 3.63) is 12.8 Å². The molecule has 0 spiro atoms. The van der Waals surface area contributed by atoms with Gasteiger partial charge in [-0.3, -0.25) is 4.84 Å². The number of hydrogen-bond acceptors (Lipinski definition) is 5. The molecule has 8 heteroatoms. The molecule has 1 unspecified atom stereocenters. The third kappa shape index (κ3) is 7.38. The number of nitrogens with zero attached hydrogens (tertiary/aromatic N) is 3. The van der Waals surface area contributed by atoms with Crippen molar-refractivity contribution in [2.75, 3.05) is 13.2 Å². The van der Waals surface area contributed by atoms with Crippen LogP contribution < -0.4 is 0 Å². The van der Waals surface area contributed by atoms with E-state index < -0.39 is 0 Å². The molecule has 0 aromatic heterocycles. The van der Waals surface area contributed by atoms with Crippen LogP contribution in [0.2, 0.25) is 0 Å². The zero-order valence-electron chi connectivity index (χ0n) is 9.08. The Morgan fingerprint density at radius 1 is 1.25 bits per heavy atom. The van der Waals surface area contributed by atoms with E-state index in [2.05, 4.69) is 15.6 Å². The van der Waals surface area contributed by atoms with Crippen LogP contribution in [0.25, 0.3) is 0 Å².